The third-order valence-electron chi connectivity index (χ3n) is 3.79. The first kappa shape index (κ1) is 18.6. The summed E-state index contributed by atoms with van der Waals surface area (Å²) in [5.74, 6) is 2.16. The molecule has 9 heteroatoms. The zero-order chi connectivity index (χ0) is 18.4. The number of ether oxygens (including phenoxy) is 2. The summed E-state index contributed by atoms with van der Waals surface area (Å²) in [6.07, 6.45) is 7.41. The molecule has 1 atom stereocenters. The highest BCUT2D eigenvalue weighted by Crippen LogP contribution is 2.20. The SMILES string of the molecule is C#CC(CCn1cnc2c(N)nc(F)nc21)(COC(=O)CCC)OC. The Labute approximate surface area is 144 Å². The number of terminal acetylenes is 1. The van der Waals surface area contributed by atoms with Crippen LogP contribution in [0.4, 0.5) is 10.2 Å². The summed E-state index contributed by atoms with van der Waals surface area (Å²) in [4.78, 5) is 22.8. The predicted molar refractivity (Wildman–Crippen MR) is 88.8 cm³/mol. The van der Waals surface area contributed by atoms with Gasteiger partial charge in [-0.1, -0.05) is 12.8 Å². The molecular formula is C16H20FN5O3. The van der Waals surface area contributed by atoms with Crippen LogP contribution in [0.25, 0.3) is 11.2 Å². The Morgan fingerprint density at radius 2 is 2.28 bits per heavy atom. The van der Waals surface area contributed by atoms with Gasteiger partial charge in [-0.05, 0) is 6.42 Å². The van der Waals surface area contributed by atoms with E-state index in [0.717, 1.165) is 0 Å². The number of rotatable bonds is 8. The first-order valence-electron chi connectivity index (χ1n) is 7.77. The lowest BCUT2D eigenvalue weighted by atomic mass is 10.0. The Kier molecular flexibility index (Phi) is 5.88. The molecule has 0 spiro atoms. The number of halogens is 1. The van der Waals surface area contributed by atoms with Gasteiger partial charge in [0.1, 0.15) is 12.1 Å². The smallest absolute Gasteiger partial charge is 0.312 e. The molecule has 25 heavy (non-hydrogen) atoms. The lowest BCUT2D eigenvalue weighted by Crippen LogP contribution is -2.37. The van der Waals surface area contributed by atoms with Gasteiger partial charge in [-0.25, -0.2) is 4.98 Å². The Morgan fingerprint density at radius 1 is 1.52 bits per heavy atom. The fourth-order valence-electron chi connectivity index (χ4n) is 2.28. The average molecular weight is 349 g/mol. The molecule has 2 rings (SSSR count). The van der Waals surface area contributed by atoms with Crippen molar-refractivity contribution in [2.45, 2.75) is 38.3 Å². The topological polar surface area (TPSA) is 105 Å². The van der Waals surface area contributed by atoms with Crippen LogP contribution < -0.4 is 5.73 Å². The molecule has 0 aliphatic heterocycles. The highest BCUT2D eigenvalue weighted by Gasteiger charge is 2.29. The third-order valence-corrected chi connectivity index (χ3v) is 3.79. The van der Waals surface area contributed by atoms with E-state index in [1.54, 1.807) is 4.57 Å². The molecule has 0 saturated carbocycles. The molecule has 0 radical (unpaired) electrons. The minimum absolute atomic E-state index is 0.0373. The van der Waals surface area contributed by atoms with Gasteiger partial charge in [0.15, 0.2) is 17.1 Å². The van der Waals surface area contributed by atoms with Crippen molar-refractivity contribution in [2.75, 3.05) is 19.5 Å². The zero-order valence-corrected chi connectivity index (χ0v) is 14.2. The number of carbonyl (C=O) groups excluding carboxylic acids is 1. The van der Waals surface area contributed by atoms with Crippen molar-refractivity contribution in [3.63, 3.8) is 0 Å². The highest BCUT2D eigenvalue weighted by molar-refractivity contribution is 5.81. The Morgan fingerprint density at radius 3 is 2.92 bits per heavy atom. The molecule has 0 saturated heterocycles. The molecule has 8 nitrogen and oxygen atoms in total. The lowest BCUT2D eigenvalue weighted by molar-refractivity contribution is -0.150. The first-order valence-corrected chi connectivity index (χ1v) is 7.77. The molecule has 0 amide bonds. The van der Waals surface area contributed by atoms with Crippen molar-refractivity contribution >= 4 is 23.0 Å². The minimum atomic E-state index is -1.10. The number of nitrogens with zero attached hydrogens (tertiary/aromatic N) is 4. The number of methoxy groups -OCH3 is 1. The van der Waals surface area contributed by atoms with E-state index in [0.29, 0.717) is 31.3 Å². The molecule has 2 N–H and O–H groups in total. The van der Waals surface area contributed by atoms with Gasteiger partial charge in [0.05, 0.1) is 6.33 Å². The van der Waals surface area contributed by atoms with Gasteiger partial charge >= 0.3 is 12.0 Å². The van der Waals surface area contributed by atoms with Crippen LogP contribution in [-0.2, 0) is 20.8 Å². The third kappa shape index (κ3) is 4.22. The summed E-state index contributed by atoms with van der Waals surface area (Å²) in [6, 6.07) is 0. The van der Waals surface area contributed by atoms with E-state index in [2.05, 4.69) is 20.9 Å². The molecule has 0 aliphatic carbocycles. The number of anilines is 1. The van der Waals surface area contributed by atoms with E-state index >= 15 is 0 Å². The molecule has 0 fully saturated rings. The second kappa shape index (κ2) is 7.90. The normalized spacial score (nSPS) is 13.4. The number of esters is 1. The van der Waals surface area contributed by atoms with E-state index in [1.807, 2.05) is 6.92 Å². The number of imidazole rings is 1. The number of hydrogen-bond acceptors (Lipinski definition) is 7. The van der Waals surface area contributed by atoms with E-state index < -0.39 is 11.7 Å². The van der Waals surface area contributed by atoms with Crippen molar-refractivity contribution in [3.8, 4) is 12.3 Å². The van der Waals surface area contributed by atoms with Crippen molar-refractivity contribution in [2.24, 2.45) is 0 Å². The maximum absolute atomic E-state index is 13.4. The summed E-state index contributed by atoms with van der Waals surface area (Å²) < 4.78 is 25.6. The van der Waals surface area contributed by atoms with Crippen molar-refractivity contribution < 1.29 is 18.7 Å². The van der Waals surface area contributed by atoms with Crippen molar-refractivity contribution in [3.05, 3.63) is 12.4 Å². The minimum Gasteiger partial charge on any atom is -0.462 e. The fraction of sp³-hybridized carbons (Fsp3) is 0.500. The van der Waals surface area contributed by atoms with Gasteiger partial charge in [0, 0.05) is 26.5 Å². The van der Waals surface area contributed by atoms with E-state index in [-0.39, 0.29) is 24.0 Å². The molecule has 0 bridgehead atoms. The standard InChI is InChI=1S/C16H20FN5O3/c1-4-6-11(23)25-9-16(5-2,24-3)7-8-22-10-19-12-13(18)20-15(17)21-14(12)22/h2,10H,4,6-9H2,1,3H3,(H2,18,20,21). The number of nitrogens with two attached hydrogens (primary N) is 1. The maximum atomic E-state index is 13.4. The molecule has 0 aromatic carbocycles. The molecule has 2 aromatic rings. The monoisotopic (exact) mass is 349 g/mol. The summed E-state index contributed by atoms with van der Waals surface area (Å²) in [6.45, 7) is 2.12. The van der Waals surface area contributed by atoms with E-state index in [1.165, 1.54) is 13.4 Å². The van der Waals surface area contributed by atoms with Crippen LogP contribution in [0.2, 0.25) is 0 Å². The molecule has 0 aliphatic rings. The summed E-state index contributed by atoms with van der Waals surface area (Å²) in [7, 11) is 1.44. The van der Waals surface area contributed by atoms with Crippen molar-refractivity contribution in [1.82, 2.24) is 19.5 Å². The Balaban J connectivity index is 2.13. The van der Waals surface area contributed by atoms with Crippen LogP contribution >= 0.6 is 0 Å². The highest BCUT2D eigenvalue weighted by atomic mass is 19.1. The largest absolute Gasteiger partial charge is 0.462 e. The van der Waals surface area contributed by atoms with Crippen molar-refractivity contribution in [1.29, 1.82) is 0 Å². The zero-order valence-electron chi connectivity index (χ0n) is 14.2. The van der Waals surface area contributed by atoms with Gasteiger partial charge in [-0.2, -0.15) is 14.4 Å². The average Bonchev–Trinajstić information content (AvgIpc) is 2.99. The molecule has 134 valence electrons. The summed E-state index contributed by atoms with van der Waals surface area (Å²) in [5.41, 5.74) is 5.10. The van der Waals surface area contributed by atoms with Crippen LogP contribution in [0.5, 0.6) is 0 Å². The summed E-state index contributed by atoms with van der Waals surface area (Å²) in [5, 5.41) is 0. The van der Waals surface area contributed by atoms with Gasteiger partial charge < -0.3 is 19.8 Å². The second-order valence-corrected chi connectivity index (χ2v) is 5.49. The lowest BCUT2D eigenvalue weighted by Gasteiger charge is -2.26. The molecular weight excluding hydrogens is 329 g/mol. The van der Waals surface area contributed by atoms with Gasteiger partial charge in [-0.3, -0.25) is 4.79 Å². The molecule has 1 unspecified atom stereocenters. The second-order valence-electron chi connectivity index (χ2n) is 5.49. The predicted octanol–water partition coefficient (Wildman–Crippen LogP) is 1.30. The number of fused-ring (bicyclic) bond motifs is 1. The van der Waals surface area contributed by atoms with Crippen LogP contribution in [0.1, 0.15) is 26.2 Å². The van der Waals surface area contributed by atoms with Gasteiger partial charge in [0.2, 0.25) is 0 Å². The number of aryl methyl sites for hydroxylation is 1. The first-order chi connectivity index (χ1) is 11.9. The van der Waals surface area contributed by atoms with Crippen LogP contribution in [0, 0.1) is 18.4 Å². The number of hydrogen-bond donors (Lipinski definition) is 1. The number of nitrogen functional groups attached to an aromatic ring is 1. The Hall–Kier alpha value is -2.73. The van der Waals surface area contributed by atoms with Gasteiger partial charge in [0.25, 0.3) is 0 Å². The fourth-order valence-corrected chi connectivity index (χ4v) is 2.28. The molecule has 2 aromatic heterocycles. The van der Waals surface area contributed by atoms with Crippen LogP contribution in [0.3, 0.4) is 0 Å². The summed E-state index contributed by atoms with van der Waals surface area (Å²) >= 11 is 0. The number of carbonyl (C=O) groups is 1. The van der Waals surface area contributed by atoms with E-state index in [4.69, 9.17) is 21.6 Å². The Bertz CT molecular complexity index is 801. The molecule has 2 heterocycles. The quantitative estimate of drug-likeness (QED) is 0.435. The van der Waals surface area contributed by atoms with E-state index in [9.17, 15) is 9.18 Å². The van der Waals surface area contributed by atoms with Gasteiger partial charge in [-0.15, -0.1) is 6.42 Å². The van der Waals surface area contributed by atoms with Crippen LogP contribution in [-0.4, -0.2) is 44.8 Å². The number of aromatic nitrogens is 4. The van der Waals surface area contributed by atoms with Crippen LogP contribution in [0.15, 0.2) is 6.33 Å². The maximum Gasteiger partial charge on any atom is 0.312 e.